The molecule has 0 saturated carbocycles. The fourth-order valence-corrected chi connectivity index (χ4v) is 4.43. The van der Waals surface area contributed by atoms with E-state index in [0.717, 1.165) is 13.0 Å². The van der Waals surface area contributed by atoms with Gasteiger partial charge in [-0.3, -0.25) is 4.79 Å². The number of amides is 1. The van der Waals surface area contributed by atoms with E-state index < -0.39 is 10.0 Å². The maximum atomic E-state index is 12.3. The summed E-state index contributed by atoms with van der Waals surface area (Å²) in [7, 11) is -3.18. The van der Waals surface area contributed by atoms with E-state index in [-0.39, 0.29) is 11.7 Å². The van der Waals surface area contributed by atoms with Crippen molar-refractivity contribution in [2.45, 2.75) is 38.6 Å². The molecule has 20 heavy (non-hydrogen) atoms. The summed E-state index contributed by atoms with van der Waals surface area (Å²) >= 11 is 0. The monoisotopic (exact) mass is 303 g/mol. The van der Waals surface area contributed by atoms with Crippen LogP contribution in [0.1, 0.15) is 32.6 Å². The number of carbonyl (C=O) groups excluding carboxylic acids is 1. The molecule has 1 unspecified atom stereocenters. The van der Waals surface area contributed by atoms with E-state index in [4.69, 9.17) is 0 Å². The lowest BCUT2D eigenvalue weighted by molar-refractivity contribution is -0.129. The summed E-state index contributed by atoms with van der Waals surface area (Å²) in [4.78, 5) is 12.9. The van der Waals surface area contributed by atoms with Crippen molar-refractivity contribution in [3.05, 3.63) is 0 Å². The first-order valence-electron chi connectivity index (χ1n) is 7.46. The Morgan fingerprint density at radius 1 is 1.20 bits per heavy atom. The predicted molar refractivity (Wildman–Crippen MR) is 77.9 cm³/mol. The average Bonchev–Trinajstić information content (AvgIpc) is 2.46. The van der Waals surface area contributed by atoms with Gasteiger partial charge in [0, 0.05) is 39.1 Å². The molecule has 2 rings (SSSR count). The number of hydrogen-bond donors (Lipinski definition) is 1. The molecule has 116 valence electrons. The number of rotatable bonds is 4. The molecule has 2 aliphatic heterocycles. The molecule has 1 atom stereocenters. The van der Waals surface area contributed by atoms with Crippen LogP contribution in [0.15, 0.2) is 0 Å². The number of nitrogens with one attached hydrogen (secondary N) is 1. The third kappa shape index (κ3) is 4.17. The van der Waals surface area contributed by atoms with Gasteiger partial charge in [0.05, 0.1) is 5.75 Å². The van der Waals surface area contributed by atoms with Crippen molar-refractivity contribution in [2.24, 2.45) is 0 Å². The Kier molecular flexibility index (Phi) is 5.40. The maximum absolute atomic E-state index is 12.3. The lowest BCUT2D eigenvalue weighted by Gasteiger charge is -2.34. The summed E-state index contributed by atoms with van der Waals surface area (Å²) in [5.41, 5.74) is 0. The van der Waals surface area contributed by atoms with E-state index in [9.17, 15) is 13.2 Å². The molecule has 1 N–H and O–H groups in total. The van der Waals surface area contributed by atoms with Crippen LogP contribution in [-0.2, 0) is 14.8 Å². The van der Waals surface area contributed by atoms with Crippen molar-refractivity contribution >= 4 is 15.9 Å². The molecule has 0 aromatic carbocycles. The first kappa shape index (κ1) is 15.7. The highest BCUT2D eigenvalue weighted by Crippen LogP contribution is 2.14. The van der Waals surface area contributed by atoms with Crippen LogP contribution in [0.3, 0.4) is 0 Å². The van der Waals surface area contributed by atoms with Gasteiger partial charge in [-0.05, 0) is 25.8 Å². The van der Waals surface area contributed by atoms with Gasteiger partial charge < -0.3 is 10.2 Å². The normalized spacial score (nSPS) is 25.6. The van der Waals surface area contributed by atoms with Crippen LogP contribution in [0.4, 0.5) is 0 Å². The third-order valence-electron chi connectivity index (χ3n) is 4.21. The summed E-state index contributed by atoms with van der Waals surface area (Å²) in [6, 6.07) is 0.344. The zero-order valence-corrected chi connectivity index (χ0v) is 13.0. The molecule has 6 nitrogen and oxygen atoms in total. The summed E-state index contributed by atoms with van der Waals surface area (Å²) in [5, 5.41) is 3.38. The molecule has 0 spiro atoms. The van der Waals surface area contributed by atoms with E-state index in [0.29, 0.717) is 38.6 Å². The van der Waals surface area contributed by atoms with E-state index in [1.165, 1.54) is 24.1 Å². The van der Waals surface area contributed by atoms with Gasteiger partial charge in [-0.15, -0.1) is 0 Å². The summed E-state index contributed by atoms with van der Waals surface area (Å²) in [5.74, 6) is 0.235. The number of piperidine rings is 1. The zero-order chi connectivity index (χ0) is 14.6. The van der Waals surface area contributed by atoms with Crippen molar-refractivity contribution in [1.82, 2.24) is 14.5 Å². The van der Waals surface area contributed by atoms with Crippen LogP contribution in [-0.4, -0.2) is 68.0 Å². The maximum Gasteiger partial charge on any atom is 0.219 e. The molecule has 7 heteroatoms. The SMILES string of the molecule is CC(=O)N1CCN(S(=O)(=O)CCC2CCCCN2)CC1. The molecular formula is C13H25N3O3S. The molecule has 0 aliphatic carbocycles. The van der Waals surface area contributed by atoms with Crippen LogP contribution in [0.25, 0.3) is 0 Å². The summed E-state index contributed by atoms with van der Waals surface area (Å²) in [6.07, 6.45) is 4.15. The Bertz CT molecular complexity index is 424. The van der Waals surface area contributed by atoms with Gasteiger partial charge in [0.2, 0.25) is 15.9 Å². The van der Waals surface area contributed by atoms with Gasteiger partial charge in [0.15, 0.2) is 0 Å². The highest BCUT2D eigenvalue weighted by Gasteiger charge is 2.28. The highest BCUT2D eigenvalue weighted by molar-refractivity contribution is 7.89. The Morgan fingerprint density at radius 3 is 2.45 bits per heavy atom. The molecule has 2 saturated heterocycles. The quantitative estimate of drug-likeness (QED) is 0.794. The Morgan fingerprint density at radius 2 is 1.90 bits per heavy atom. The second kappa shape index (κ2) is 6.87. The second-order valence-corrected chi connectivity index (χ2v) is 7.75. The Hall–Kier alpha value is -0.660. The smallest absolute Gasteiger partial charge is 0.219 e. The minimum atomic E-state index is -3.18. The van der Waals surface area contributed by atoms with Crippen LogP contribution in [0.5, 0.6) is 0 Å². The van der Waals surface area contributed by atoms with Gasteiger partial charge >= 0.3 is 0 Å². The van der Waals surface area contributed by atoms with Crippen LogP contribution in [0, 0.1) is 0 Å². The average molecular weight is 303 g/mol. The van der Waals surface area contributed by atoms with Crippen molar-refractivity contribution in [1.29, 1.82) is 0 Å². The number of nitrogens with zero attached hydrogens (tertiary/aromatic N) is 2. The van der Waals surface area contributed by atoms with Crippen LogP contribution in [0.2, 0.25) is 0 Å². The topological polar surface area (TPSA) is 69.7 Å². The van der Waals surface area contributed by atoms with E-state index in [1.807, 2.05) is 0 Å². The molecule has 2 fully saturated rings. The molecule has 1 amide bonds. The van der Waals surface area contributed by atoms with Gasteiger partial charge in [-0.1, -0.05) is 6.42 Å². The van der Waals surface area contributed by atoms with Gasteiger partial charge in [-0.25, -0.2) is 8.42 Å². The number of piperazine rings is 1. The largest absolute Gasteiger partial charge is 0.340 e. The first-order chi connectivity index (χ1) is 9.49. The first-order valence-corrected chi connectivity index (χ1v) is 9.07. The Balaban J connectivity index is 1.80. The van der Waals surface area contributed by atoms with Crippen molar-refractivity contribution in [2.75, 3.05) is 38.5 Å². The lowest BCUT2D eigenvalue weighted by Crippen LogP contribution is -2.50. The second-order valence-electron chi connectivity index (χ2n) is 5.66. The van der Waals surface area contributed by atoms with Gasteiger partial charge in [-0.2, -0.15) is 4.31 Å². The number of carbonyl (C=O) groups is 1. The van der Waals surface area contributed by atoms with Crippen molar-refractivity contribution in [3.63, 3.8) is 0 Å². The predicted octanol–water partition coefficient (Wildman–Crippen LogP) is 0.0125. The zero-order valence-electron chi connectivity index (χ0n) is 12.2. The van der Waals surface area contributed by atoms with Gasteiger partial charge in [0.25, 0.3) is 0 Å². The molecule has 0 aromatic rings. The molecule has 0 radical (unpaired) electrons. The molecule has 2 aliphatic rings. The minimum absolute atomic E-state index is 0.0217. The minimum Gasteiger partial charge on any atom is -0.340 e. The number of hydrogen-bond acceptors (Lipinski definition) is 4. The number of sulfonamides is 1. The summed E-state index contributed by atoms with van der Waals surface area (Å²) in [6.45, 7) is 4.41. The summed E-state index contributed by atoms with van der Waals surface area (Å²) < 4.78 is 26.1. The van der Waals surface area contributed by atoms with Gasteiger partial charge in [0.1, 0.15) is 0 Å². The molecular weight excluding hydrogens is 278 g/mol. The highest BCUT2D eigenvalue weighted by atomic mass is 32.2. The Labute approximate surface area is 121 Å². The fraction of sp³-hybridized carbons (Fsp3) is 0.923. The van der Waals surface area contributed by atoms with Crippen molar-refractivity contribution in [3.8, 4) is 0 Å². The van der Waals surface area contributed by atoms with E-state index >= 15 is 0 Å². The standard InChI is InChI=1S/C13H25N3O3S/c1-12(17)15-7-9-16(10-8-15)20(18,19)11-5-13-4-2-3-6-14-13/h13-14H,2-11H2,1H3. The van der Waals surface area contributed by atoms with E-state index in [2.05, 4.69) is 5.32 Å². The van der Waals surface area contributed by atoms with Crippen LogP contribution < -0.4 is 5.32 Å². The molecule has 0 aromatic heterocycles. The van der Waals surface area contributed by atoms with Crippen molar-refractivity contribution < 1.29 is 13.2 Å². The third-order valence-corrected chi connectivity index (χ3v) is 6.12. The molecule has 0 bridgehead atoms. The molecule has 2 heterocycles. The van der Waals surface area contributed by atoms with Crippen LogP contribution >= 0.6 is 0 Å². The fourth-order valence-electron chi connectivity index (χ4n) is 2.87. The van der Waals surface area contributed by atoms with E-state index in [1.54, 1.807) is 4.90 Å². The lowest BCUT2D eigenvalue weighted by atomic mass is 10.0.